The third-order valence-electron chi connectivity index (χ3n) is 26.6. The molecule has 2 unspecified atom stereocenters. The molecule has 15 aromatic carbocycles. The van der Waals surface area contributed by atoms with E-state index in [-0.39, 0.29) is 6.29 Å². The van der Waals surface area contributed by atoms with Gasteiger partial charge < -0.3 is 54.1 Å². The van der Waals surface area contributed by atoms with E-state index in [1.807, 2.05) is 32.3 Å². The fraction of sp³-hybridized carbons (Fsp3) is 0.200. The second-order valence-electron chi connectivity index (χ2n) is 41.7. The Morgan fingerprint density at radius 3 is 0.507 bits per heavy atom. The van der Waals surface area contributed by atoms with Crippen molar-refractivity contribution in [2.75, 3.05) is 0 Å². The van der Waals surface area contributed by atoms with E-state index < -0.39 is 155 Å². The topological polar surface area (TPSA) is 120 Å². The molecule has 0 radical (unpaired) electrons. The van der Waals surface area contributed by atoms with Crippen LogP contribution in [0.25, 0.3) is 0 Å². The molecule has 146 heavy (non-hydrogen) atoms. The fourth-order valence-electron chi connectivity index (χ4n) is 22.2. The van der Waals surface area contributed by atoms with Crippen LogP contribution in [0, 0.1) is 0 Å². The van der Waals surface area contributed by atoms with Gasteiger partial charge in [0.05, 0.1) is 0 Å². The Kier molecular flexibility index (Phi) is 35.9. The van der Waals surface area contributed by atoms with E-state index in [2.05, 4.69) is 553 Å². The minimum absolute atomic E-state index is 0.144. The molecule has 0 amide bonds. The first-order valence-corrected chi connectivity index (χ1v) is 92.2. The first kappa shape index (κ1) is 106. The standard InChI is InChI=1S/C88H104O8Si12.C22H24OSi2.C5H16O4Si3.H5P/c1-97(2,89-105(77-49-25-13-26-50-77,78-51-27-14-28-52-78)79-53-29-15-30-54-79)73-101(9)93-102(10,74-98(3,4)90-106(80-55-31-16-32-56-80,81-57-33-17-34-58-81)82-59-35-18-36-60-82)95-104(12,76-100(7,8)92-108(86-67-43-22-44-68-86,87-69-45-23-46-70-87)88-71-47-24-48-72-88)96-103(11,94-101)75-99(5,6)91-107(83-61-37-19-38-62-83,84-63-39-20-40-64-84)85-65-41-21-42-66-85;1-4-24(2,3)23-25(20-14-8-5-9-15-20,21-16-10-6-11-17-21)22-18-12-7-13-19-22;1-5-6-10(2)8-12(4)9-11(3)7-5;/h13-72H,73-76H2,1-12H3;4-19H,1H2,2-3H3;5,10-12H,1-4H3;1H5/i;;;1TD4. The van der Waals surface area contributed by atoms with Crippen molar-refractivity contribution in [1.82, 2.24) is 0 Å². The molecule has 2 heterocycles. The first-order valence-electron chi connectivity index (χ1n) is 53.0. The molecule has 0 bridgehead atoms. The van der Waals surface area contributed by atoms with Crippen LogP contribution in [0.3, 0.4) is 0 Å². The van der Waals surface area contributed by atoms with Crippen LogP contribution in [-0.2, 0) is 54.1 Å². The van der Waals surface area contributed by atoms with E-state index in [0.29, 0.717) is 22.7 Å². The monoisotopic (exact) mass is 2250 g/mol. The molecule has 760 valence electrons. The van der Waals surface area contributed by atoms with Gasteiger partial charge in [0.2, 0.25) is 0 Å². The Morgan fingerprint density at radius 2 is 0.384 bits per heavy atom. The Hall–Kier alpha value is -8.36. The van der Waals surface area contributed by atoms with Crippen molar-refractivity contribution in [3.63, 3.8) is 0 Å². The molecule has 15 aromatic rings. The predicted octanol–water partition coefficient (Wildman–Crippen LogP) is 17.2. The van der Waals surface area contributed by atoms with E-state index in [4.69, 9.17) is 60.5 Å². The molecule has 2 fully saturated rings. The zero-order valence-electron chi connectivity index (χ0n) is 93.0. The molecule has 2 atom stereocenters. The molecule has 2 aliphatic rings. The van der Waals surface area contributed by atoms with Crippen LogP contribution in [0.15, 0.2) is 467 Å². The molecule has 0 N–H and O–H groups in total. The van der Waals surface area contributed by atoms with Gasteiger partial charge in [-0.3, -0.25) is 0 Å². The molecule has 0 saturated carbocycles. The van der Waals surface area contributed by atoms with Gasteiger partial charge in [-0.15, -0.1) is 6.58 Å². The zero-order chi connectivity index (χ0) is 108. The van der Waals surface area contributed by atoms with Crippen LogP contribution in [0.5, 0.6) is 0 Å². The average molecular weight is 2250 g/mol. The summed E-state index contributed by atoms with van der Waals surface area (Å²) in [5.41, 5.74) is 4.36. The average Bonchev–Trinajstić information content (AvgIpc) is 0.709. The van der Waals surface area contributed by atoms with Gasteiger partial charge in [-0.05, 0) is 196 Å². The molecule has 2 aliphatic heterocycles. The first-order chi connectivity index (χ1) is 71.6. The van der Waals surface area contributed by atoms with E-state index in [9.17, 15) is 0 Å². The summed E-state index contributed by atoms with van der Waals surface area (Å²) in [5, 5.41) is 18.1. The quantitative estimate of drug-likeness (QED) is 0.0216. The van der Waals surface area contributed by atoms with Crippen molar-refractivity contribution in [3.05, 3.63) is 467 Å². The molecular weight excluding hydrogens is 2100 g/mol. The Bertz CT molecular complexity index is 5590. The summed E-state index contributed by atoms with van der Waals surface area (Å²) in [6.07, 6.45) is -0.144. The molecule has 0 aliphatic carbocycles. The Balaban J connectivity index is 0.000000342. The summed E-state index contributed by atoms with van der Waals surface area (Å²) in [5.74, 6) is 0. The summed E-state index contributed by atoms with van der Waals surface area (Å²) in [4.78, 5) is 0. The van der Waals surface area contributed by atoms with E-state index >= 15 is 0 Å². The van der Waals surface area contributed by atoms with Crippen LogP contribution < -0.4 is 77.8 Å². The maximum absolute atomic E-state index is 8.77. The Morgan fingerprint density at radius 1 is 0.260 bits per heavy atom. The van der Waals surface area contributed by atoms with Gasteiger partial charge in [0.25, 0.3) is 50.9 Å². The van der Waals surface area contributed by atoms with Crippen molar-refractivity contribution in [2.45, 2.75) is 147 Å². The van der Waals surface area contributed by atoms with Crippen LogP contribution in [0.1, 0.15) is 6.92 Å². The minimum atomic E-state index is -4.80. The second kappa shape index (κ2) is 49.4. The van der Waals surface area contributed by atoms with Crippen molar-refractivity contribution in [3.8, 4) is 0 Å². The van der Waals surface area contributed by atoms with Crippen molar-refractivity contribution < 1.29 is 54.1 Å². The molecule has 2 saturated heterocycles. The zero-order valence-corrected chi connectivity index (χ0v) is 106. The SMILES string of the molecule is C=C[Si](C)(C)O[Si](c1ccccc1)(c1ccccc1)c1ccccc1.CC1O[SiH](C)O[SiH](C)O[SiH](C)O1.C[Si](C)(C[Si]1(C)O[Si](C)(C[Si](C)(C)O[Si](c2ccccc2)(c2ccccc2)c2ccccc2)O[Si](C)(C[Si](C)(C)O[Si](c2ccccc2)(c2ccccc2)c2ccccc2)O[Si](C)(C[Si](C)(C)O[Si](c2ccccc2)(c2ccccc2)c2ccccc2)O1)O[Si](c1ccccc1)(c1ccccc1)c1ccccc1.[2H]P([2H])([2H])([2H])[3H]. The normalized spacial score (nSPS) is 20.8. The number of benzene rings is 15. The van der Waals surface area contributed by atoms with Gasteiger partial charge in [-0.25, -0.2) is 0 Å². The number of hydrogen-bond acceptors (Lipinski definition) is 13. The Labute approximate surface area is 900 Å². The maximum atomic E-state index is 8.77. The van der Waals surface area contributed by atoms with E-state index in [0.717, 1.165) is 0 Å². The summed E-state index contributed by atoms with van der Waals surface area (Å²) >= 11 is 0. The fourth-order valence-corrected chi connectivity index (χ4v) is 121. The molecule has 31 heteroatoms. The number of hydrogen-bond donors (Lipinski definition) is 0. The molecule has 17 rings (SSSR count). The van der Waals surface area contributed by atoms with Crippen LogP contribution in [0.2, 0.25) is 134 Å². The summed E-state index contributed by atoms with van der Waals surface area (Å²) < 4.78 is 129. The van der Waals surface area contributed by atoms with Gasteiger partial charge in [-0.2, -0.15) is 0 Å². The molecule has 13 nitrogen and oxygen atoms in total. The second-order valence-corrected chi connectivity index (χ2v) is 103. The molecular formula is C115H149O13PSi17. The van der Waals surface area contributed by atoms with Crippen LogP contribution in [-0.4, -0.2) is 158 Å². The van der Waals surface area contributed by atoms with Gasteiger partial charge in [0.15, 0.2) is 41.6 Å². The summed E-state index contributed by atoms with van der Waals surface area (Å²) in [7, 11) is -54.3. The third-order valence-corrected chi connectivity index (χ3v) is 107. The van der Waals surface area contributed by atoms with Crippen molar-refractivity contribution in [2.24, 2.45) is 0 Å². The molecule has 0 aromatic heterocycles. The molecule has 0 spiro atoms. The van der Waals surface area contributed by atoms with E-state index in [1.54, 1.807) is 0 Å². The van der Waals surface area contributed by atoms with Gasteiger partial charge in [0.1, 0.15) is 6.29 Å². The van der Waals surface area contributed by atoms with Crippen LogP contribution >= 0.6 is 9.62 Å². The third kappa shape index (κ3) is 27.6. The van der Waals surface area contributed by atoms with Gasteiger partial charge in [-0.1, -0.05) is 461 Å². The van der Waals surface area contributed by atoms with Gasteiger partial charge >= 0.3 is 68.8 Å². The van der Waals surface area contributed by atoms with Crippen LogP contribution in [0.4, 0.5) is 0 Å². The van der Waals surface area contributed by atoms with Gasteiger partial charge in [0, 0.05) is 22.7 Å². The summed E-state index contributed by atoms with van der Waals surface area (Å²) in [6, 6.07) is 164. The number of rotatable bonds is 34. The summed E-state index contributed by atoms with van der Waals surface area (Å²) in [6.45, 7) is 45.2. The van der Waals surface area contributed by atoms with Crippen molar-refractivity contribution in [1.29, 1.82) is 6.39 Å². The van der Waals surface area contributed by atoms with E-state index in [1.165, 1.54) is 77.8 Å². The predicted molar refractivity (Wildman–Crippen MR) is 660 cm³/mol. The van der Waals surface area contributed by atoms with Crippen molar-refractivity contribution >= 4 is 233 Å².